The first-order chi connectivity index (χ1) is 13.1. The number of carbonyl (C=O) groups is 2. The highest BCUT2D eigenvalue weighted by Crippen LogP contribution is 2.32. The maximum atomic E-state index is 13.9. The molecule has 0 radical (unpaired) electrons. The Hall–Kier alpha value is -2.89. The lowest BCUT2D eigenvalue weighted by Gasteiger charge is -2.24. The number of rotatable bonds is 4. The molecule has 0 aromatic heterocycles. The second-order valence-electron chi connectivity index (χ2n) is 8.24. The number of nitrogens with one attached hydrogen (secondary N) is 1. The van der Waals surface area contributed by atoms with E-state index in [2.05, 4.69) is 26.1 Å². The largest absolute Gasteiger partial charge is 0.494 e. The average Bonchev–Trinajstić information content (AvgIpc) is 2.85. The van der Waals surface area contributed by atoms with E-state index in [1.54, 1.807) is 13.0 Å². The van der Waals surface area contributed by atoms with E-state index < -0.39 is 17.4 Å². The van der Waals surface area contributed by atoms with Gasteiger partial charge in [-0.25, -0.2) is 9.18 Å². The third-order valence-electron chi connectivity index (χ3n) is 5.16. The van der Waals surface area contributed by atoms with Crippen molar-refractivity contribution >= 4 is 11.9 Å². The van der Waals surface area contributed by atoms with Crippen LogP contribution in [0.1, 0.15) is 44.4 Å². The first-order valence-corrected chi connectivity index (χ1v) is 9.14. The molecule has 0 spiro atoms. The highest BCUT2D eigenvalue weighted by molar-refractivity contribution is 6.07. The summed E-state index contributed by atoms with van der Waals surface area (Å²) in [6.07, 6.45) is 0. The van der Waals surface area contributed by atoms with E-state index in [9.17, 15) is 14.0 Å². The minimum atomic E-state index is -1.15. The molecule has 2 aromatic carbocycles. The summed E-state index contributed by atoms with van der Waals surface area (Å²) in [5, 5.41) is 2.78. The second kappa shape index (κ2) is 6.93. The van der Waals surface area contributed by atoms with Crippen LogP contribution in [0.3, 0.4) is 0 Å². The fourth-order valence-electron chi connectivity index (χ4n) is 3.33. The number of ether oxygens (including phenoxy) is 1. The summed E-state index contributed by atoms with van der Waals surface area (Å²) in [7, 11) is 1.38. The van der Waals surface area contributed by atoms with Crippen LogP contribution in [0.2, 0.25) is 0 Å². The predicted molar refractivity (Wildman–Crippen MR) is 105 cm³/mol. The SMILES string of the molecule is COc1ccc(CN2C(=O)N[C@](C)(c3ccc(C(C)(C)C)cc3)C2=O)cc1F. The standard InChI is InChI=1S/C22H25FN2O3/c1-21(2,3)15-7-9-16(10-8-15)22(4)19(26)25(20(27)24-22)13-14-6-11-18(28-5)17(23)12-14/h6-12H,13H2,1-5H3,(H,24,27)/t22-/m1/s1. The molecule has 0 aliphatic carbocycles. The van der Waals surface area contributed by atoms with Gasteiger partial charge in [0.05, 0.1) is 13.7 Å². The van der Waals surface area contributed by atoms with Crippen molar-refractivity contribution in [2.45, 2.75) is 45.2 Å². The molecule has 148 valence electrons. The van der Waals surface area contributed by atoms with Gasteiger partial charge in [0.1, 0.15) is 5.54 Å². The number of nitrogens with zero attached hydrogens (tertiary/aromatic N) is 1. The van der Waals surface area contributed by atoms with E-state index in [1.807, 2.05) is 24.3 Å². The predicted octanol–water partition coefficient (Wildman–Crippen LogP) is 4.10. The lowest BCUT2D eigenvalue weighted by atomic mass is 9.84. The Labute approximate surface area is 164 Å². The number of benzene rings is 2. The highest BCUT2D eigenvalue weighted by Gasteiger charge is 2.48. The number of methoxy groups -OCH3 is 1. The van der Waals surface area contributed by atoms with Crippen LogP contribution in [0.5, 0.6) is 5.75 Å². The van der Waals surface area contributed by atoms with Crippen molar-refractivity contribution in [3.8, 4) is 5.75 Å². The topological polar surface area (TPSA) is 58.6 Å². The molecule has 3 amide bonds. The first kappa shape index (κ1) is 19.9. The summed E-state index contributed by atoms with van der Waals surface area (Å²) in [4.78, 5) is 26.7. The smallest absolute Gasteiger partial charge is 0.325 e. The van der Waals surface area contributed by atoms with E-state index in [0.29, 0.717) is 11.1 Å². The molecular weight excluding hydrogens is 359 g/mol. The van der Waals surface area contributed by atoms with Gasteiger partial charge in [0.2, 0.25) is 0 Å². The molecule has 1 atom stereocenters. The summed E-state index contributed by atoms with van der Waals surface area (Å²) >= 11 is 0. The van der Waals surface area contributed by atoms with Crippen molar-refractivity contribution in [1.29, 1.82) is 0 Å². The monoisotopic (exact) mass is 384 g/mol. The fourth-order valence-corrected chi connectivity index (χ4v) is 3.33. The van der Waals surface area contributed by atoms with Crippen LogP contribution >= 0.6 is 0 Å². The number of carbonyl (C=O) groups excluding carboxylic acids is 2. The minimum absolute atomic E-state index is 0.00710. The molecule has 1 fully saturated rings. The zero-order valence-corrected chi connectivity index (χ0v) is 16.8. The van der Waals surface area contributed by atoms with Crippen LogP contribution in [0.15, 0.2) is 42.5 Å². The van der Waals surface area contributed by atoms with Crippen LogP contribution in [0.25, 0.3) is 0 Å². The van der Waals surface area contributed by atoms with Crippen molar-refractivity contribution < 1.29 is 18.7 Å². The van der Waals surface area contributed by atoms with Crippen LogP contribution in [0, 0.1) is 5.82 Å². The van der Waals surface area contributed by atoms with E-state index in [1.165, 1.54) is 19.2 Å². The van der Waals surface area contributed by atoms with Gasteiger partial charge in [-0.05, 0) is 41.2 Å². The van der Waals surface area contributed by atoms with Gasteiger partial charge in [0, 0.05) is 0 Å². The summed E-state index contributed by atoms with van der Waals surface area (Å²) in [5.74, 6) is -0.783. The number of amides is 3. The van der Waals surface area contributed by atoms with Gasteiger partial charge in [-0.1, -0.05) is 51.1 Å². The van der Waals surface area contributed by atoms with Gasteiger partial charge in [-0.2, -0.15) is 0 Å². The molecule has 3 rings (SSSR count). The number of imide groups is 1. The lowest BCUT2D eigenvalue weighted by Crippen LogP contribution is -2.40. The van der Waals surface area contributed by atoms with E-state index in [0.717, 1.165) is 10.5 Å². The van der Waals surface area contributed by atoms with E-state index in [-0.39, 0.29) is 23.6 Å². The molecule has 1 N–H and O–H groups in total. The van der Waals surface area contributed by atoms with Gasteiger partial charge in [0.15, 0.2) is 11.6 Å². The molecule has 6 heteroatoms. The maximum Gasteiger partial charge on any atom is 0.325 e. The van der Waals surface area contributed by atoms with E-state index >= 15 is 0 Å². The summed E-state index contributed by atoms with van der Waals surface area (Å²) in [6, 6.07) is 11.6. The van der Waals surface area contributed by atoms with Crippen LogP contribution in [-0.4, -0.2) is 23.9 Å². The second-order valence-corrected chi connectivity index (χ2v) is 8.24. The molecule has 5 nitrogen and oxygen atoms in total. The molecular formula is C22H25FN2O3. The van der Waals surface area contributed by atoms with Gasteiger partial charge < -0.3 is 10.1 Å². The Morgan fingerprint density at radius 1 is 1.11 bits per heavy atom. The molecule has 28 heavy (non-hydrogen) atoms. The Balaban J connectivity index is 1.85. The molecule has 1 aliphatic heterocycles. The molecule has 1 heterocycles. The van der Waals surface area contributed by atoms with Gasteiger partial charge in [-0.3, -0.25) is 9.69 Å². The van der Waals surface area contributed by atoms with Crippen molar-refractivity contribution in [3.05, 3.63) is 65.0 Å². The lowest BCUT2D eigenvalue weighted by molar-refractivity contribution is -0.131. The Morgan fingerprint density at radius 3 is 2.29 bits per heavy atom. The molecule has 0 saturated carbocycles. The third kappa shape index (κ3) is 3.46. The van der Waals surface area contributed by atoms with Gasteiger partial charge in [-0.15, -0.1) is 0 Å². The minimum Gasteiger partial charge on any atom is -0.494 e. The Morgan fingerprint density at radius 2 is 1.75 bits per heavy atom. The number of urea groups is 1. The first-order valence-electron chi connectivity index (χ1n) is 9.14. The normalized spacial score (nSPS) is 19.7. The highest BCUT2D eigenvalue weighted by atomic mass is 19.1. The zero-order chi connectivity index (χ0) is 20.7. The molecule has 0 unspecified atom stereocenters. The summed E-state index contributed by atoms with van der Waals surface area (Å²) < 4.78 is 18.8. The number of hydrogen-bond acceptors (Lipinski definition) is 3. The number of hydrogen-bond donors (Lipinski definition) is 1. The quantitative estimate of drug-likeness (QED) is 0.808. The molecule has 2 aromatic rings. The van der Waals surface area contributed by atoms with Crippen molar-refractivity contribution in [3.63, 3.8) is 0 Å². The molecule has 1 saturated heterocycles. The fraction of sp³-hybridized carbons (Fsp3) is 0.364. The molecule has 0 bridgehead atoms. The van der Waals surface area contributed by atoms with E-state index in [4.69, 9.17) is 4.74 Å². The third-order valence-corrected chi connectivity index (χ3v) is 5.16. The zero-order valence-electron chi connectivity index (χ0n) is 16.8. The summed E-state index contributed by atoms with van der Waals surface area (Å²) in [5.41, 5.74) is 1.20. The van der Waals surface area contributed by atoms with Crippen molar-refractivity contribution in [2.24, 2.45) is 0 Å². The van der Waals surface area contributed by atoms with Crippen LogP contribution < -0.4 is 10.1 Å². The van der Waals surface area contributed by atoms with Crippen molar-refractivity contribution in [2.75, 3.05) is 7.11 Å². The van der Waals surface area contributed by atoms with Gasteiger partial charge >= 0.3 is 6.03 Å². The Bertz CT molecular complexity index is 918. The summed E-state index contributed by atoms with van der Waals surface area (Å²) in [6.45, 7) is 8.01. The van der Waals surface area contributed by atoms with Gasteiger partial charge in [0.25, 0.3) is 5.91 Å². The van der Waals surface area contributed by atoms with Crippen LogP contribution in [-0.2, 0) is 22.3 Å². The molecule has 1 aliphatic rings. The Kier molecular flexibility index (Phi) is 4.91. The van der Waals surface area contributed by atoms with Crippen LogP contribution in [0.4, 0.5) is 9.18 Å². The average molecular weight is 384 g/mol. The number of halogens is 1. The maximum absolute atomic E-state index is 13.9. The van der Waals surface area contributed by atoms with Crippen molar-refractivity contribution in [1.82, 2.24) is 10.2 Å².